The van der Waals surface area contributed by atoms with E-state index in [1.807, 2.05) is 0 Å². The largest absolute Gasteiger partial charge is 0.0891 e. The Labute approximate surface area is 103 Å². The van der Waals surface area contributed by atoms with E-state index in [2.05, 4.69) is 22.9 Å². The molecule has 1 heteroatoms. The maximum absolute atomic E-state index is 3.77. The highest BCUT2D eigenvalue weighted by molar-refractivity contribution is 9.09. The number of hydrogen-bond donors (Lipinski definition) is 0. The summed E-state index contributed by atoms with van der Waals surface area (Å²) in [5.74, 6) is 1.07. The predicted molar refractivity (Wildman–Crippen MR) is 70.5 cm³/mol. The van der Waals surface area contributed by atoms with Crippen LogP contribution in [0, 0.1) is 11.3 Å². The van der Waals surface area contributed by atoms with Gasteiger partial charge in [0.05, 0.1) is 0 Å². The first-order chi connectivity index (χ1) is 7.24. The number of rotatable bonds is 2. The molecule has 0 heterocycles. The van der Waals surface area contributed by atoms with Gasteiger partial charge in [0.2, 0.25) is 0 Å². The molecular weight excluding hydrogens is 248 g/mol. The first-order valence-electron chi connectivity index (χ1n) is 6.88. The van der Waals surface area contributed by atoms with Gasteiger partial charge in [-0.2, -0.15) is 0 Å². The minimum Gasteiger partial charge on any atom is -0.0891 e. The van der Waals surface area contributed by atoms with Gasteiger partial charge in [-0.15, -0.1) is 0 Å². The Morgan fingerprint density at radius 2 is 1.53 bits per heavy atom. The standard InChI is InChI=1S/C14H25Br/c1-2-3-12-4-8-14(9-5-12)10-6-13(15)7-11-14/h12-13H,2-11H2,1H3. The van der Waals surface area contributed by atoms with Crippen molar-refractivity contribution in [2.45, 2.75) is 76.0 Å². The molecule has 0 N–H and O–H groups in total. The zero-order valence-corrected chi connectivity index (χ0v) is 11.7. The van der Waals surface area contributed by atoms with E-state index in [0.717, 1.165) is 16.2 Å². The van der Waals surface area contributed by atoms with Gasteiger partial charge in [0.1, 0.15) is 0 Å². The van der Waals surface area contributed by atoms with Gasteiger partial charge in [-0.05, 0) is 62.7 Å². The molecular formula is C14H25Br. The van der Waals surface area contributed by atoms with Crippen LogP contribution in [0.4, 0.5) is 0 Å². The maximum Gasteiger partial charge on any atom is 0.0146 e. The summed E-state index contributed by atoms with van der Waals surface area (Å²) in [5.41, 5.74) is 0.786. The smallest absolute Gasteiger partial charge is 0.0146 e. The summed E-state index contributed by atoms with van der Waals surface area (Å²) in [6, 6.07) is 0. The molecule has 0 unspecified atom stereocenters. The molecule has 0 bridgehead atoms. The highest BCUT2D eigenvalue weighted by Gasteiger charge is 2.37. The zero-order chi connectivity index (χ0) is 10.7. The van der Waals surface area contributed by atoms with Gasteiger partial charge in [-0.25, -0.2) is 0 Å². The first kappa shape index (κ1) is 12.0. The van der Waals surface area contributed by atoms with Crippen LogP contribution in [0.3, 0.4) is 0 Å². The van der Waals surface area contributed by atoms with Crippen LogP contribution in [-0.2, 0) is 0 Å². The molecule has 0 aromatic heterocycles. The molecule has 0 nitrogen and oxygen atoms in total. The third-order valence-corrected chi connectivity index (χ3v) is 5.75. The Morgan fingerprint density at radius 3 is 2.07 bits per heavy atom. The van der Waals surface area contributed by atoms with Gasteiger partial charge in [-0.1, -0.05) is 35.7 Å². The van der Waals surface area contributed by atoms with Gasteiger partial charge >= 0.3 is 0 Å². The Balaban J connectivity index is 1.81. The quantitative estimate of drug-likeness (QED) is 0.599. The second kappa shape index (κ2) is 5.21. The molecule has 0 aliphatic heterocycles. The van der Waals surface area contributed by atoms with Crippen LogP contribution in [0.1, 0.15) is 71.1 Å². The fourth-order valence-electron chi connectivity index (χ4n) is 3.68. The van der Waals surface area contributed by atoms with Gasteiger partial charge in [0.15, 0.2) is 0 Å². The topological polar surface area (TPSA) is 0 Å². The SMILES string of the molecule is CCCC1CCC2(CCC(Br)CC2)CC1. The number of halogens is 1. The molecule has 2 rings (SSSR count). The van der Waals surface area contributed by atoms with Gasteiger partial charge in [0, 0.05) is 4.83 Å². The van der Waals surface area contributed by atoms with Crippen molar-refractivity contribution in [3.05, 3.63) is 0 Å². The van der Waals surface area contributed by atoms with Crippen molar-refractivity contribution in [1.82, 2.24) is 0 Å². The van der Waals surface area contributed by atoms with Crippen LogP contribution in [0.5, 0.6) is 0 Å². The zero-order valence-electron chi connectivity index (χ0n) is 10.1. The maximum atomic E-state index is 3.77. The average molecular weight is 273 g/mol. The Hall–Kier alpha value is 0.480. The van der Waals surface area contributed by atoms with Gasteiger partial charge < -0.3 is 0 Å². The molecule has 0 aromatic carbocycles. The van der Waals surface area contributed by atoms with Crippen molar-refractivity contribution in [1.29, 1.82) is 0 Å². The van der Waals surface area contributed by atoms with Crippen LogP contribution >= 0.6 is 15.9 Å². The molecule has 2 fully saturated rings. The Bertz CT molecular complexity index is 182. The van der Waals surface area contributed by atoms with Gasteiger partial charge in [-0.3, -0.25) is 0 Å². The molecule has 1 spiro atoms. The minimum atomic E-state index is 0.786. The summed E-state index contributed by atoms with van der Waals surface area (Å²) >= 11 is 3.77. The van der Waals surface area contributed by atoms with Crippen molar-refractivity contribution in [3.63, 3.8) is 0 Å². The summed E-state index contributed by atoms with van der Waals surface area (Å²) in [4.78, 5) is 0.830. The van der Waals surface area contributed by atoms with Crippen molar-refractivity contribution in [3.8, 4) is 0 Å². The number of hydrogen-bond acceptors (Lipinski definition) is 0. The van der Waals surface area contributed by atoms with E-state index < -0.39 is 0 Å². The van der Waals surface area contributed by atoms with Crippen molar-refractivity contribution < 1.29 is 0 Å². The lowest BCUT2D eigenvalue weighted by Gasteiger charge is -2.44. The third kappa shape index (κ3) is 2.99. The molecule has 0 radical (unpaired) electrons. The highest BCUT2D eigenvalue weighted by Crippen LogP contribution is 2.50. The third-order valence-electron chi connectivity index (χ3n) is 4.84. The fraction of sp³-hybridized carbons (Fsp3) is 1.00. The second-order valence-electron chi connectivity index (χ2n) is 5.91. The van der Waals surface area contributed by atoms with E-state index in [0.29, 0.717) is 0 Å². The summed E-state index contributed by atoms with van der Waals surface area (Å²) in [5, 5.41) is 0. The second-order valence-corrected chi connectivity index (χ2v) is 7.20. The predicted octanol–water partition coefficient (Wildman–Crippen LogP) is 5.30. The lowest BCUT2D eigenvalue weighted by molar-refractivity contribution is 0.0969. The van der Waals surface area contributed by atoms with E-state index >= 15 is 0 Å². The van der Waals surface area contributed by atoms with Crippen LogP contribution in [0.2, 0.25) is 0 Å². The van der Waals surface area contributed by atoms with E-state index in [4.69, 9.17) is 0 Å². The lowest BCUT2D eigenvalue weighted by Crippen LogP contribution is -2.32. The van der Waals surface area contributed by atoms with Crippen molar-refractivity contribution in [2.24, 2.45) is 11.3 Å². The number of alkyl halides is 1. The normalized spacial score (nSPS) is 42.0. The van der Waals surface area contributed by atoms with E-state index in [1.54, 1.807) is 0 Å². The summed E-state index contributed by atoms with van der Waals surface area (Å²) in [6.45, 7) is 2.33. The van der Waals surface area contributed by atoms with E-state index in [-0.39, 0.29) is 0 Å². The van der Waals surface area contributed by atoms with E-state index in [9.17, 15) is 0 Å². The fourth-order valence-corrected chi connectivity index (χ4v) is 4.14. The molecule has 0 saturated heterocycles. The van der Waals surface area contributed by atoms with Crippen LogP contribution in [0.25, 0.3) is 0 Å². The Kier molecular flexibility index (Phi) is 4.15. The van der Waals surface area contributed by atoms with Crippen molar-refractivity contribution in [2.75, 3.05) is 0 Å². The Morgan fingerprint density at radius 1 is 1.00 bits per heavy atom. The average Bonchev–Trinajstić information content (AvgIpc) is 2.27. The van der Waals surface area contributed by atoms with Crippen molar-refractivity contribution >= 4 is 15.9 Å². The molecule has 2 aliphatic rings. The monoisotopic (exact) mass is 272 g/mol. The lowest BCUT2D eigenvalue weighted by atomic mass is 9.63. The highest BCUT2D eigenvalue weighted by atomic mass is 79.9. The molecule has 88 valence electrons. The molecule has 0 amide bonds. The molecule has 0 aromatic rings. The van der Waals surface area contributed by atoms with Gasteiger partial charge in [0.25, 0.3) is 0 Å². The molecule has 0 atom stereocenters. The first-order valence-corrected chi connectivity index (χ1v) is 7.80. The van der Waals surface area contributed by atoms with Crippen LogP contribution in [-0.4, -0.2) is 4.83 Å². The molecule has 2 aliphatic carbocycles. The summed E-state index contributed by atoms with van der Waals surface area (Å²) in [6.07, 6.45) is 14.9. The molecule has 15 heavy (non-hydrogen) atoms. The van der Waals surface area contributed by atoms with E-state index in [1.165, 1.54) is 64.2 Å². The van der Waals surface area contributed by atoms with Crippen LogP contribution < -0.4 is 0 Å². The summed E-state index contributed by atoms with van der Waals surface area (Å²) in [7, 11) is 0. The summed E-state index contributed by atoms with van der Waals surface area (Å²) < 4.78 is 0. The van der Waals surface area contributed by atoms with Crippen LogP contribution in [0.15, 0.2) is 0 Å². The minimum absolute atomic E-state index is 0.786. The molecule has 2 saturated carbocycles.